The van der Waals surface area contributed by atoms with E-state index in [1.165, 1.54) is 0 Å². The molecule has 0 spiro atoms. The van der Waals surface area contributed by atoms with E-state index < -0.39 is 11.9 Å². The number of unbranched alkanes of at least 4 members (excludes halogenated alkanes) is 3. The molecule has 5 N–H and O–H groups in total. The lowest BCUT2D eigenvalue weighted by molar-refractivity contribution is -0.143. The SMILES string of the molecule is CCCCC(CCCCC(CCCC)C(=O)O)C(=O)O.N. The summed E-state index contributed by atoms with van der Waals surface area (Å²) in [4.78, 5) is 22.2. The van der Waals surface area contributed by atoms with Crippen molar-refractivity contribution in [3.8, 4) is 0 Å². The van der Waals surface area contributed by atoms with Gasteiger partial charge in [0.05, 0.1) is 11.8 Å². The van der Waals surface area contributed by atoms with Gasteiger partial charge in [-0.05, 0) is 25.7 Å². The third-order valence-corrected chi connectivity index (χ3v) is 3.87. The van der Waals surface area contributed by atoms with Crippen molar-refractivity contribution < 1.29 is 19.8 Å². The molecule has 126 valence electrons. The summed E-state index contributed by atoms with van der Waals surface area (Å²) >= 11 is 0. The Hall–Kier alpha value is -1.10. The Morgan fingerprint density at radius 2 is 1.00 bits per heavy atom. The van der Waals surface area contributed by atoms with Gasteiger partial charge in [0.15, 0.2) is 0 Å². The zero-order valence-electron chi connectivity index (χ0n) is 13.6. The van der Waals surface area contributed by atoms with Crippen LogP contribution in [0.5, 0.6) is 0 Å². The van der Waals surface area contributed by atoms with Crippen LogP contribution >= 0.6 is 0 Å². The Morgan fingerprint density at radius 1 is 0.714 bits per heavy atom. The quantitative estimate of drug-likeness (QED) is 0.434. The van der Waals surface area contributed by atoms with Crippen LogP contribution in [0.3, 0.4) is 0 Å². The van der Waals surface area contributed by atoms with Crippen LogP contribution in [0, 0.1) is 11.8 Å². The van der Waals surface area contributed by atoms with E-state index in [0.29, 0.717) is 12.8 Å². The van der Waals surface area contributed by atoms with Crippen LogP contribution in [-0.4, -0.2) is 22.2 Å². The van der Waals surface area contributed by atoms with Gasteiger partial charge in [-0.2, -0.15) is 0 Å². The van der Waals surface area contributed by atoms with E-state index >= 15 is 0 Å². The number of carboxylic acid groups (broad SMARTS) is 2. The third-order valence-electron chi connectivity index (χ3n) is 3.87. The highest BCUT2D eigenvalue weighted by Crippen LogP contribution is 2.21. The van der Waals surface area contributed by atoms with Crippen LogP contribution in [0.2, 0.25) is 0 Å². The van der Waals surface area contributed by atoms with Crippen molar-refractivity contribution in [1.29, 1.82) is 0 Å². The average Bonchev–Trinajstić information content (AvgIpc) is 2.40. The molecule has 0 aliphatic rings. The average molecular weight is 303 g/mol. The second-order valence-corrected chi connectivity index (χ2v) is 5.64. The van der Waals surface area contributed by atoms with Crippen molar-refractivity contribution in [2.45, 2.75) is 78.1 Å². The molecule has 0 rings (SSSR count). The summed E-state index contributed by atoms with van der Waals surface area (Å²) in [6.45, 7) is 4.12. The normalized spacial score (nSPS) is 13.2. The lowest BCUT2D eigenvalue weighted by atomic mass is 9.92. The Morgan fingerprint density at radius 3 is 1.24 bits per heavy atom. The van der Waals surface area contributed by atoms with E-state index in [2.05, 4.69) is 13.8 Å². The predicted octanol–water partition coefficient (Wildman–Crippen LogP) is 4.49. The van der Waals surface area contributed by atoms with Crippen LogP contribution in [0.4, 0.5) is 0 Å². The third kappa shape index (κ3) is 11.3. The topological polar surface area (TPSA) is 110 Å². The van der Waals surface area contributed by atoms with Crippen LogP contribution in [0.25, 0.3) is 0 Å². The minimum absolute atomic E-state index is 0. The second kappa shape index (κ2) is 13.9. The highest BCUT2D eigenvalue weighted by atomic mass is 16.4. The number of carbonyl (C=O) groups is 2. The molecule has 0 radical (unpaired) electrons. The molecule has 5 nitrogen and oxygen atoms in total. The molecule has 0 saturated carbocycles. The Labute approximate surface area is 128 Å². The molecule has 0 fully saturated rings. The first-order chi connectivity index (χ1) is 9.52. The first kappa shape index (κ1) is 22.2. The minimum Gasteiger partial charge on any atom is -0.481 e. The standard InChI is InChI=1S/C16H30O4.H3N/c1-3-5-9-13(15(17)18)11-7-8-12-14(16(19)20)10-6-4-2;/h13-14H,3-12H2,1-2H3,(H,17,18)(H,19,20);1H3. The van der Waals surface area contributed by atoms with E-state index in [0.717, 1.165) is 51.4 Å². The monoisotopic (exact) mass is 303 g/mol. The lowest BCUT2D eigenvalue weighted by Gasteiger charge is -2.14. The maximum atomic E-state index is 11.1. The lowest BCUT2D eigenvalue weighted by Crippen LogP contribution is -2.15. The number of aliphatic carboxylic acids is 2. The summed E-state index contributed by atoms with van der Waals surface area (Å²) in [6, 6.07) is 0. The fraction of sp³-hybridized carbons (Fsp3) is 0.875. The summed E-state index contributed by atoms with van der Waals surface area (Å²) in [7, 11) is 0. The number of hydrogen-bond donors (Lipinski definition) is 3. The van der Waals surface area contributed by atoms with Gasteiger partial charge in [0.2, 0.25) is 0 Å². The molecule has 0 saturated heterocycles. The summed E-state index contributed by atoms with van der Waals surface area (Å²) < 4.78 is 0. The molecule has 0 heterocycles. The fourth-order valence-electron chi connectivity index (χ4n) is 2.47. The minimum atomic E-state index is -0.709. The molecule has 0 aromatic carbocycles. The van der Waals surface area contributed by atoms with Crippen LogP contribution in [0.15, 0.2) is 0 Å². The van der Waals surface area contributed by atoms with Gasteiger partial charge in [-0.3, -0.25) is 9.59 Å². The van der Waals surface area contributed by atoms with E-state index in [1.54, 1.807) is 0 Å². The highest BCUT2D eigenvalue weighted by molar-refractivity contribution is 5.70. The van der Waals surface area contributed by atoms with E-state index in [1.807, 2.05) is 0 Å². The van der Waals surface area contributed by atoms with Gasteiger partial charge in [0.25, 0.3) is 0 Å². The van der Waals surface area contributed by atoms with Crippen molar-refractivity contribution >= 4 is 11.9 Å². The molecular weight excluding hydrogens is 270 g/mol. The summed E-state index contributed by atoms with van der Waals surface area (Å²) in [5.74, 6) is -1.93. The highest BCUT2D eigenvalue weighted by Gasteiger charge is 2.18. The van der Waals surface area contributed by atoms with E-state index in [4.69, 9.17) is 10.2 Å². The Kier molecular flexibility index (Phi) is 14.6. The van der Waals surface area contributed by atoms with Crippen molar-refractivity contribution in [3.05, 3.63) is 0 Å². The smallest absolute Gasteiger partial charge is 0.306 e. The molecule has 2 unspecified atom stereocenters. The molecule has 0 bridgehead atoms. The van der Waals surface area contributed by atoms with Gasteiger partial charge in [0.1, 0.15) is 0 Å². The van der Waals surface area contributed by atoms with Crippen molar-refractivity contribution in [3.63, 3.8) is 0 Å². The Balaban J connectivity index is 0. The van der Waals surface area contributed by atoms with Gasteiger partial charge in [0, 0.05) is 0 Å². The first-order valence-corrected chi connectivity index (χ1v) is 7.98. The number of hydrogen-bond acceptors (Lipinski definition) is 3. The van der Waals surface area contributed by atoms with Gasteiger partial charge in [-0.15, -0.1) is 0 Å². The van der Waals surface area contributed by atoms with Gasteiger partial charge in [-0.25, -0.2) is 0 Å². The molecule has 0 aliphatic carbocycles. The fourth-order valence-corrected chi connectivity index (χ4v) is 2.47. The maximum Gasteiger partial charge on any atom is 0.306 e. The molecule has 2 atom stereocenters. The maximum absolute atomic E-state index is 11.1. The zero-order valence-corrected chi connectivity index (χ0v) is 13.6. The summed E-state index contributed by atoms with van der Waals surface area (Å²) in [5, 5.41) is 18.2. The molecule has 0 aliphatic heterocycles. The molecule has 5 heteroatoms. The number of carboxylic acids is 2. The molecule has 0 amide bonds. The van der Waals surface area contributed by atoms with Crippen LogP contribution in [0.1, 0.15) is 78.1 Å². The van der Waals surface area contributed by atoms with Gasteiger partial charge in [-0.1, -0.05) is 52.4 Å². The first-order valence-electron chi connectivity index (χ1n) is 7.98. The summed E-state index contributed by atoms with van der Waals surface area (Å²) in [5.41, 5.74) is 0. The predicted molar refractivity (Wildman–Crippen MR) is 84.8 cm³/mol. The molecule has 21 heavy (non-hydrogen) atoms. The van der Waals surface area contributed by atoms with Crippen LogP contribution < -0.4 is 6.15 Å². The Bertz CT molecular complexity index is 253. The van der Waals surface area contributed by atoms with E-state index in [-0.39, 0.29) is 18.0 Å². The number of rotatable bonds is 13. The van der Waals surface area contributed by atoms with Crippen molar-refractivity contribution in [2.24, 2.45) is 11.8 Å². The zero-order chi connectivity index (χ0) is 15.4. The van der Waals surface area contributed by atoms with Crippen LogP contribution in [-0.2, 0) is 9.59 Å². The van der Waals surface area contributed by atoms with Gasteiger partial charge >= 0.3 is 11.9 Å². The molecular formula is C16H33NO4. The van der Waals surface area contributed by atoms with Gasteiger partial charge < -0.3 is 16.4 Å². The largest absolute Gasteiger partial charge is 0.481 e. The molecule has 0 aromatic rings. The molecule has 0 aromatic heterocycles. The van der Waals surface area contributed by atoms with E-state index in [9.17, 15) is 9.59 Å². The summed E-state index contributed by atoms with van der Waals surface area (Å²) in [6.07, 6.45) is 8.40. The van der Waals surface area contributed by atoms with Crippen molar-refractivity contribution in [2.75, 3.05) is 0 Å². The second-order valence-electron chi connectivity index (χ2n) is 5.64. The van der Waals surface area contributed by atoms with Crippen molar-refractivity contribution in [1.82, 2.24) is 6.15 Å².